The van der Waals surface area contributed by atoms with Gasteiger partial charge >= 0.3 is 5.69 Å². The van der Waals surface area contributed by atoms with Crippen LogP contribution >= 0.6 is 0 Å². The highest BCUT2D eigenvalue weighted by atomic mass is 16.6. The van der Waals surface area contributed by atoms with E-state index in [1.165, 1.54) is 0 Å². The number of aryl methyl sites for hydroxylation is 1. The molecule has 1 N–H and O–H groups in total. The largest absolute Gasteiger partial charge is 0.473 e. The number of nitrogens with one attached hydrogen (secondary N) is 1. The minimum atomic E-state index is -0.533. The second-order valence-electron chi connectivity index (χ2n) is 3.76. The van der Waals surface area contributed by atoms with Crippen LogP contribution in [0.1, 0.15) is 26.6 Å². The second-order valence-corrected chi connectivity index (χ2v) is 3.76. The molecule has 0 amide bonds. The van der Waals surface area contributed by atoms with Crippen LogP contribution in [-0.4, -0.2) is 27.5 Å². The number of aromatic nitrogens is 2. The average molecular weight is 240 g/mol. The Labute approximate surface area is 99.4 Å². The van der Waals surface area contributed by atoms with E-state index in [-0.39, 0.29) is 23.4 Å². The van der Waals surface area contributed by atoms with E-state index in [1.54, 1.807) is 13.8 Å². The van der Waals surface area contributed by atoms with Crippen LogP contribution in [0.2, 0.25) is 0 Å². The highest BCUT2D eigenvalue weighted by molar-refractivity contribution is 5.62. The van der Waals surface area contributed by atoms with Gasteiger partial charge in [0.2, 0.25) is 5.82 Å². The summed E-state index contributed by atoms with van der Waals surface area (Å²) in [5.41, 5.74) is -0.217. The monoisotopic (exact) mass is 240 g/mol. The van der Waals surface area contributed by atoms with Crippen molar-refractivity contribution in [3.05, 3.63) is 15.9 Å². The Balaban J connectivity index is 3.29. The summed E-state index contributed by atoms with van der Waals surface area (Å²) in [6, 6.07) is 0.0393. The summed E-state index contributed by atoms with van der Waals surface area (Å²) in [5, 5.41) is 13.9. The van der Waals surface area contributed by atoms with Gasteiger partial charge in [0.05, 0.1) is 11.5 Å². The molecule has 0 aliphatic carbocycles. The molecule has 94 valence electrons. The van der Waals surface area contributed by atoms with Gasteiger partial charge in [0, 0.05) is 6.04 Å². The van der Waals surface area contributed by atoms with Crippen LogP contribution in [0.15, 0.2) is 0 Å². The Kier molecular flexibility index (Phi) is 4.19. The molecule has 0 aliphatic rings. The number of anilines is 1. The van der Waals surface area contributed by atoms with Crippen molar-refractivity contribution in [3.8, 4) is 5.88 Å². The first-order chi connectivity index (χ1) is 7.95. The predicted octanol–water partition coefficient (Wildman–Crippen LogP) is 1.91. The van der Waals surface area contributed by atoms with Gasteiger partial charge in [-0.2, -0.15) is 4.98 Å². The van der Waals surface area contributed by atoms with E-state index in [0.29, 0.717) is 12.4 Å². The number of nitrogens with zero attached hydrogens (tertiary/aromatic N) is 3. The van der Waals surface area contributed by atoms with E-state index < -0.39 is 4.92 Å². The molecule has 0 atom stereocenters. The molecular formula is C10H16N4O3. The van der Waals surface area contributed by atoms with E-state index in [1.807, 2.05) is 13.8 Å². The van der Waals surface area contributed by atoms with Crippen LogP contribution in [0.5, 0.6) is 5.88 Å². The van der Waals surface area contributed by atoms with Crippen molar-refractivity contribution >= 4 is 11.5 Å². The van der Waals surface area contributed by atoms with Crippen molar-refractivity contribution in [3.63, 3.8) is 0 Å². The standard InChI is InChI=1S/C10H16N4O3/c1-5-17-10-8(14(15)16)9(11-6(2)3)12-7(4)13-10/h6H,5H2,1-4H3,(H,11,12,13). The zero-order chi connectivity index (χ0) is 13.0. The predicted molar refractivity (Wildman–Crippen MR) is 63.4 cm³/mol. The number of hydrogen-bond donors (Lipinski definition) is 1. The van der Waals surface area contributed by atoms with Crippen molar-refractivity contribution in [2.75, 3.05) is 11.9 Å². The second kappa shape index (κ2) is 5.42. The van der Waals surface area contributed by atoms with Gasteiger partial charge in [0.1, 0.15) is 5.82 Å². The zero-order valence-corrected chi connectivity index (χ0v) is 10.4. The first-order valence-electron chi connectivity index (χ1n) is 5.38. The molecule has 0 radical (unpaired) electrons. The molecule has 7 nitrogen and oxygen atoms in total. The fourth-order valence-electron chi connectivity index (χ4n) is 1.32. The molecule has 0 aromatic carbocycles. The highest BCUT2D eigenvalue weighted by Crippen LogP contribution is 2.32. The fourth-order valence-corrected chi connectivity index (χ4v) is 1.32. The lowest BCUT2D eigenvalue weighted by atomic mass is 10.3. The van der Waals surface area contributed by atoms with Crippen LogP contribution in [0.25, 0.3) is 0 Å². The van der Waals surface area contributed by atoms with Crippen molar-refractivity contribution in [2.45, 2.75) is 33.7 Å². The van der Waals surface area contributed by atoms with Gasteiger partial charge in [0.15, 0.2) is 0 Å². The van der Waals surface area contributed by atoms with E-state index in [4.69, 9.17) is 4.74 Å². The third kappa shape index (κ3) is 3.27. The molecule has 0 aliphatic heterocycles. The zero-order valence-electron chi connectivity index (χ0n) is 10.4. The molecule has 1 aromatic heterocycles. The van der Waals surface area contributed by atoms with Crippen LogP contribution in [0, 0.1) is 17.0 Å². The summed E-state index contributed by atoms with van der Waals surface area (Å²) < 4.78 is 5.17. The lowest BCUT2D eigenvalue weighted by molar-refractivity contribution is -0.385. The van der Waals surface area contributed by atoms with Gasteiger partial charge < -0.3 is 10.1 Å². The molecule has 0 bridgehead atoms. The SMILES string of the molecule is CCOc1nc(C)nc(NC(C)C)c1[N+](=O)[O-]. The minimum Gasteiger partial charge on any atom is -0.473 e. The molecule has 0 saturated heterocycles. The molecule has 0 unspecified atom stereocenters. The average Bonchev–Trinajstić information content (AvgIpc) is 2.15. The van der Waals surface area contributed by atoms with E-state index >= 15 is 0 Å². The van der Waals surface area contributed by atoms with E-state index in [9.17, 15) is 10.1 Å². The molecule has 0 saturated carbocycles. The lowest BCUT2D eigenvalue weighted by Crippen LogP contribution is -2.15. The topological polar surface area (TPSA) is 90.2 Å². The first kappa shape index (κ1) is 13.1. The van der Waals surface area contributed by atoms with Gasteiger partial charge in [-0.3, -0.25) is 10.1 Å². The van der Waals surface area contributed by atoms with Crippen molar-refractivity contribution in [2.24, 2.45) is 0 Å². The Hall–Kier alpha value is -1.92. The minimum absolute atomic E-state index is 0.00755. The summed E-state index contributed by atoms with van der Waals surface area (Å²) in [7, 11) is 0. The first-order valence-corrected chi connectivity index (χ1v) is 5.38. The molecule has 7 heteroatoms. The molecule has 0 fully saturated rings. The van der Waals surface area contributed by atoms with Crippen LogP contribution in [0.3, 0.4) is 0 Å². The van der Waals surface area contributed by atoms with Gasteiger partial charge in [-0.1, -0.05) is 0 Å². The summed E-state index contributed by atoms with van der Waals surface area (Å²) >= 11 is 0. The molecule has 1 rings (SSSR count). The Morgan fingerprint density at radius 3 is 2.59 bits per heavy atom. The normalized spacial score (nSPS) is 10.4. The molecule has 0 spiro atoms. The van der Waals surface area contributed by atoms with Crippen LogP contribution in [0.4, 0.5) is 11.5 Å². The van der Waals surface area contributed by atoms with E-state index in [0.717, 1.165) is 0 Å². The molecular weight excluding hydrogens is 224 g/mol. The third-order valence-corrected chi connectivity index (χ3v) is 1.85. The maximum atomic E-state index is 11.0. The van der Waals surface area contributed by atoms with Crippen LogP contribution in [-0.2, 0) is 0 Å². The quantitative estimate of drug-likeness (QED) is 0.624. The Morgan fingerprint density at radius 1 is 1.47 bits per heavy atom. The van der Waals surface area contributed by atoms with Gasteiger partial charge in [0.25, 0.3) is 5.88 Å². The summed E-state index contributed by atoms with van der Waals surface area (Å²) in [5.74, 6) is 0.635. The number of hydrogen-bond acceptors (Lipinski definition) is 6. The van der Waals surface area contributed by atoms with Crippen molar-refractivity contribution in [1.29, 1.82) is 0 Å². The molecule has 1 heterocycles. The fraction of sp³-hybridized carbons (Fsp3) is 0.600. The smallest absolute Gasteiger partial charge is 0.372 e. The molecule has 17 heavy (non-hydrogen) atoms. The van der Waals surface area contributed by atoms with Crippen LogP contribution < -0.4 is 10.1 Å². The third-order valence-electron chi connectivity index (χ3n) is 1.85. The van der Waals surface area contributed by atoms with Crippen molar-refractivity contribution < 1.29 is 9.66 Å². The Morgan fingerprint density at radius 2 is 2.12 bits per heavy atom. The van der Waals surface area contributed by atoms with E-state index in [2.05, 4.69) is 15.3 Å². The highest BCUT2D eigenvalue weighted by Gasteiger charge is 2.25. The lowest BCUT2D eigenvalue weighted by Gasteiger charge is -2.11. The van der Waals surface area contributed by atoms with Crippen molar-refractivity contribution in [1.82, 2.24) is 9.97 Å². The summed E-state index contributed by atoms with van der Waals surface area (Å²) in [6.07, 6.45) is 0. The maximum absolute atomic E-state index is 11.0. The number of nitro groups is 1. The molecule has 1 aromatic rings. The number of rotatable bonds is 5. The van der Waals surface area contributed by atoms with Gasteiger partial charge in [-0.15, -0.1) is 0 Å². The summed E-state index contributed by atoms with van der Waals surface area (Å²) in [4.78, 5) is 18.5. The Bertz CT molecular complexity index is 420. The van der Waals surface area contributed by atoms with Gasteiger partial charge in [-0.05, 0) is 27.7 Å². The summed E-state index contributed by atoms with van der Waals surface area (Å²) in [6.45, 7) is 7.48. The number of ether oxygens (including phenoxy) is 1. The van der Waals surface area contributed by atoms with Gasteiger partial charge in [-0.25, -0.2) is 4.98 Å². The maximum Gasteiger partial charge on any atom is 0.372 e.